The van der Waals surface area contributed by atoms with Crippen molar-refractivity contribution in [2.24, 2.45) is 11.7 Å². The van der Waals surface area contributed by atoms with E-state index in [0.717, 1.165) is 25.9 Å². The highest BCUT2D eigenvalue weighted by atomic mass is 14.9. The van der Waals surface area contributed by atoms with E-state index in [0.29, 0.717) is 12.0 Å². The minimum atomic E-state index is 0.543. The van der Waals surface area contributed by atoms with Crippen molar-refractivity contribution < 1.29 is 0 Å². The fraction of sp³-hybridized carbons (Fsp3) is 0.667. The Bertz CT molecular complexity index is 176. The maximum Gasteiger partial charge on any atom is 0.0182 e. The van der Waals surface area contributed by atoms with Gasteiger partial charge in [0.1, 0.15) is 0 Å². The van der Waals surface area contributed by atoms with E-state index in [1.54, 1.807) is 6.20 Å². The Labute approximate surface area is 93.8 Å². The number of rotatable bonds is 9. The Hall–Kier alpha value is -0.960. The van der Waals surface area contributed by atoms with Gasteiger partial charge in [-0.3, -0.25) is 0 Å². The van der Waals surface area contributed by atoms with Crippen molar-refractivity contribution in [1.29, 1.82) is 0 Å². The molecule has 1 atom stereocenters. The molecule has 0 amide bonds. The quantitative estimate of drug-likeness (QED) is 0.508. The standard InChI is InChI=1S/C12H25N3/c1-4-5-6-12(9-14-8-7-13)10-15-11(2)3/h4,7-8,11-12,14-15H,1,5-6,9-10,13H2,2-3H3/b8-7-. The largest absolute Gasteiger partial charge is 0.403 e. The van der Waals surface area contributed by atoms with Crippen LogP contribution in [0.25, 0.3) is 0 Å². The molecular weight excluding hydrogens is 186 g/mol. The van der Waals surface area contributed by atoms with Gasteiger partial charge in [-0.1, -0.05) is 19.9 Å². The number of nitrogens with two attached hydrogens (primary N) is 1. The molecule has 0 rings (SSSR count). The third-order valence-electron chi connectivity index (χ3n) is 2.21. The van der Waals surface area contributed by atoms with Crippen molar-refractivity contribution in [2.75, 3.05) is 13.1 Å². The predicted molar refractivity (Wildman–Crippen MR) is 67.4 cm³/mol. The smallest absolute Gasteiger partial charge is 0.0182 e. The highest BCUT2D eigenvalue weighted by molar-refractivity contribution is 4.78. The number of nitrogens with one attached hydrogen (secondary N) is 2. The molecule has 0 aromatic heterocycles. The average Bonchev–Trinajstić information content (AvgIpc) is 2.21. The van der Waals surface area contributed by atoms with E-state index in [1.165, 1.54) is 6.20 Å². The molecule has 1 unspecified atom stereocenters. The van der Waals surface area contributed by atoms with Gasteiger partial charge in [0.25, 0.3) is 0 Å². The molecule has 0 aliphatic rings. The van der Waals surface area contributed by atoms with Gasteiger partial charge in [-0.05, 0) is 25.3 Å². The van der Waals surface area contributed by atoms with Gasteiger partial charge in [-0.15, -0.1) is 6.58 Å². The van der Waals surface area contributed by atoms with Crippen LogP contribution in [0.3, 0.4) is 0 Å². The molecule has 0 spiro atoms. The molecule has 0 aliphatic carbocycles. The van der Waals surface area contributed by atoms with Crippen molar-refractivity contribution in [2.45, 2.75) is 32.7 Å². The van der Waals surface area contributed by atoms with E-state index in [9.17, 15) is 0 Å². The highest BCUT2D eigenvalue weighted by Gasteiger charge is 2.07. The van der Waals surface area contributed by atoms with E-state index < -0.39 is 0 Å². The van der Waals surface area contributed by atoms with Gasteiger partial charge in [0.05, 0.1) is 0 Å². The molecule has 3 heteroatoms. The van der Waals surface area contributed by atoms with Crippen LogP contribution in [0.15, 0.2) is 25.1 Å². The van der Waals surface area contributed by atoms with Gasteiger partial charge in [0, 0.05) is 25.0 Å². The summed E-state index contributed by atoms with van der Waals surface area (Å²) >= 11 is 0. The minimum Gasteiger partial charge on any atom is -0.403 e. The third kappa shape index (κ3) is 9.35. The maximum atomic E-state index is 5.26. The maximum absolute atomic E-state index is 5.26. The van der Waals surface area contributed by atoms with E-state index in [1.807, 2.05) is 6.08 Å². The Kier molecular flexibility index (Phi) is 8.98. The molecule has 0 saturated heterocycles. The van der Waals surface area contributed by atoms with Crippen molar-refractivity contribution in [1.82, 2.24) is 10.6 Å². The van der Waals surface area contributed by atoms with Crippen LogP contribution in [0.1, 0.15) is 26.7 Å². The molecule has 0 aromatic carbocycles. The summed E-state index contributed by atoms with van der Waals surface area (Å²) in [6.07, 6.45) is 7.52. The molecule has 0 fully saturated rings. The van der Waals surface area contributed by atoms with Crippen LogP contribution in [-0.4, -0.2) is 19.1 Å². The topological polar surface area (TPSA) is 50.1 Å². The third-order valence-corrected chi connectivity index (χ3v) is 2.21. The summed E-state index contributed by atoms with van der Waals surface area (Å²) in [5.41, 5.74) is 5.26. The van der Waals surface area contributed by atoms with Gasteiger partial charge >= 0.3 is 0 Å². The Balaban J connectivity index is 3.77. The Morgan fingerprint density at radius 1 is 1.33 bits per heavy atom. The fourth-order valence-corrected chi connectivity index (χ4v) is 1.33. The van der Waals surface area contributed by atoms with Crippen LogP contribution >= 0.6 is 0 Å². The number of hydrogen-bond donors (Lipinski definition) is 3. The second-order valence-corrected chi connectivity index (χ2v) is 4.06. The summed E-state index contributed by atoms with van der Waals surface area (Å²) in [4.78, 5) is 0. The first-order chi connectivity index (χ1) is 7.20. The zero-order valence-corrected chi connectivity index (χ0v) is 10.00. The summed E-state index contributed by atoms with van der Waals surface area (Å²) in [7, 11) is 0. The molecule has 0 heterocycles. The molecule has 15 heavy (non-hydrogen) atoms. The van der Waals surface area contributed by atoms with Gasteiger partial charge in [-0.25, -0.2) is 0 Å². The lowest BCUT2D eigenvalue weighted by Gasteiger charge is -2.18. The molecule has 88 valence electrons. The van der Waals surface area contributed by atoms with Gasteiger partial charge in [0.15, 0.2) is 0 Å². The van der Waals surface area contributed by atoms with Crippen LogP contribution in [0.2, 0.25) is 0 Å². The summed E-state index contributed by atoms with van der Waals surface area (Å²) in [5.74, 6) is 0.626. The number of hydrogen-bond acceptors (Lipinski definition) is 3. The lowest BCUT2D eigenvalue weighted by molar-refractivity contribution is 0.419. The first-order valence-electron chi connectivity index (χ1n) is 5.65. The molecule has 0 aliphatic heterocycles. The first kappa shape index (κ1) is 14.0. The van der Waals surface area contributed by atoms with Crippen molar-refractivity contribution in [3.63, 3.8) is 0 Å². The van der Waals surface area contributed by atoms with Crippen molar-refractivity contribution >= 4 is 0 Å². The van der Waals surface area contributed by atoms with Crippen molar-refractivity contribution in [3.8, 4) is 0 Å². The highest BCUT2D eigenvalue weighted by Crippen LogP contribution is 2.05. The molecule has 3 nitrogen and oxygen atoms in total. The van der Waals surface area contributed by atoms with Gasteiger partial charge in [0.2, 0.25) is 0 Å². The van der Waals surface area contributed by atoms with E-state index in [-0.39, 0.29) is 0 Å². The average molecular weight is 211 g/mol. The lowest BCUT2D eigenvalue weighted by Crippen LogP contribution is -2.33. The Morgan fingerprint density at radius 2 is 2.07 bits per heavy atom. The van der Waals surface area contributed by atoms with E-state index in [2.05, 4.69) is 31.1 Å². The first-order valence-corrected chi connectivity index (χ1v) is 5.65. The van der Waals surface area contributed by atoms with Crippen LogP contribution < -0.4 is 16.4 Å². The lowest BCUT2D eigenvalue weighted by atomic mass is 10.0. The minimum absolute atomic E-state index is 0.543. The Morgan fingerprint density at radius 3 is 2.60 bits per heavy atom. The second kappa shape index (κ2) is 9.59. The van der Waals surface area contributed by atoms with Gasteiger partial charge in [-0.2, -0.15) is 0 Å². The van der Waals surface area contributed by atoms with E-state index >= 15 is 0 Å². The normalized spacial score (nSPS) is 13.3. The molecule has 0 radical (unpaired) electrons. The summed E-state index contributed by atoms with van der Waals surface area (Å²) in [6, 6.07) is 0.543. The SMILES string of the molecule is C=CCCC(CN/C=C\N)CNC(C)C. The molecule has 0 saturated carbocycles. The monoisotopic (exact) mass is 211 g/mol. The predicted octanol–water partition coefficient (Wildman–Crippen LogP) is 1.59. The molecule has 0 bridgehead atoms. The molecule has 0 aromatic rings. The molecular formula is C12H25N3. The van der Waals surface area contributed by atoms with E-state index in [4.69, 9.17) is 5.73 Å². The van der Waals surface area contributed by atoms with Crippen molar-refractivity contribution in [3.05, 3.63) is 25.1 Å². The van der Waals surface area contributed by atoms with Crippen LogP contribution in [0.4, 0.5) is 0 Å². The van der Waals surface area contributed by atoms with Crippen LogP contribution in [0, 0.1) is 5.92 Å². The van der Waals surface area contributed by atoms with Gasteiger partial charge < -0.3 is 16.4 Å². The summed E-state index contributed by atoms with van der Waals surface area (Å²) < 4.78 is 0. The zero-order valence-electron chi connectivity index (χ0n) is 10.00. The second-order valence-electron chi connectivity index (χ2n) is 4.06. The summed E-state index contributed by atoms with van der Waals surface area (Å²) in [5, 5.41) is 6.64. The summed E-state index contributed by atoms with van der Waals surface area (Å²) in [6.45, 7) is 10.1. The fourth-order valence-electron chi connectivity index (χ4n) is 1.33. The van der Waals surface area contributed by atoms with Crippen LogP contribution in [-0.2, 0) is 0 Å². The van der Waals surface area contributed by atoms with Crippen LogP contribution in [0.5, 0.6) is 0 Å². The molecule has 4 N–H and O–H groups in total. The number of allylic oxidation sites excluding steroid dienone is 1. The zero-order chi connectivity index (χ0) is 11.5.